The van der Waals surface area contributed by atoms with Crippen molar-refractivity contribution < 1.29 is 19.4 Å². The lowest BCUT2D eigenvalue weighted by Crippen LogP contribution is -2.33. The predicted octanol–water partition coefficient (Wildman–Crippen LogP) is 2.40. The van der Waals surface area contributed by atoms with E-state index in [1.165, 1.54) is 0 Å². The van der Waals surface area contributed by atoms with Gasteiger partial charge < -0.3 is 19.5 Å². The SMILES string of the molecule is CCN(CC1CCCO1)c1cc(OC)ccc1C(=O)O. The van der Waals surface area contributed by atoms with Crippen molar-refractivity contribution >= 4 is 11.7 Å². The molecule has 0 amide bonds. The lowest BCUT2D eigenvalue weighted by molar-refractivity contribution is 0.0697. The van der Waals surface area contributed by atoms with Gasteiger partial charge in [0.05, 0.1) is 24.5 Å². The molecule has 1 heterocycles. The molecule has 0 aromatic heterocycles. The fourth-order valence-corrected chi connectivity index (χ4v) is 2.51. The predicted molar refractivity (Wildman–Crippen MR) is 76.8 cm³/mol. The minimum absolute atomic E-state index is 0.183. The van der Waals surface area contributed by atoms with Crippen LogP contribution in [0.3, 0.4) is 0 Å². The van der Waals surface area contributed by atoms with Crippen molar-refractivity contribution in [3.63, 3.8) is 0 Å². The van der Waals surface area contributed by atoms with E-state index in [1.54, 1.807) is 25.3 Å². The molecule has 1 unspecified atom stereocenters. The van der Waals surface area contributed by atoms with Gasteiger partial charge in [-0.1, -0.05) is 0 Å². The van der Waals surface area contributed by atoms with Crippen molar-refractivity contribution in [1.29, 1.82) is 0 Å². The van der Waals surface area contributed by atoms with Gasteiger partial charge in [-0.3, -0.25) is 0 Å². The first-order valence-electron chi connectivity index (χ1n) is 6.93. The number of carboxylic acid groups (broad SMARTS) is 1. The van der Waals surface area contributed by atoms with Gasteiger partial charge in [0.2, 0.25) is 0 Å². The standard InChI is InChI=1S/C15H21NO4/c1-3-16(10-12-5-4-8-20-12)14-9-11(19-2)6-7-13(14)15(17)18/h6-7,9,12H,3-5,8,10H2,1-2H3,(H,17,18). The van der Waals surface area contributed by atoms with Gasteiger partial charge in [0.25, 0.3) is 0 Å². The maximum atomic E-state index is 11.4. The van der Waals surface area contributed by atoms with Gasteiger partial charge in [-0.25, -0.2) is 4.79 Å². The largest absolute Gasteiger partial charge is 0.497 e. The van der Waals surface area contributed by atoms with E-state index in [0.717, 1.165) is 26.0 Å². The maximum Gasteiger partial charge on any atom is 0.337 e. The molecular formula is C15H21NO4. The van der Waals surface area contributed by atoms with E-state index >= 15 is 0 Å². The van der Waals surface area contributed by atoms with E-state index < -0.39 is 5.97 Å². The van der Waals surface area contributed by atoms with Crippen LogP contribution in [0.2, 0.25) is 0 Å². The lowest BCUT2D eigenvalue weighted by Gasteiger charge is -2.27. The highest BCUT2D eigenvalue weighted by Crippen LogP contribution is 2.27. The molecule has 0 bridgehead atoms. The van der Waals surface area contributed by atoms with E-state index in [2.05, 4.69) is 0 Å². The molecule has 5 heteroatoms. The number of carboxylic acids is 1. The first kappa shape index (κ1) is 14.7. The van der Waals surface area contributed by atoms with E-state index in [0.29, 0.717) is 23.5 Å². The van der Waals surface area contributed by atoms with E-state index in [1.807, 2.05) is 11.8 Å². The summed E-state index contributed by atoms with van der Waals surface area (Å²) in [4.78, 5) is 13.4. The highest BCUT2D eigenvalue weighted by molar-refractivity contribution is 5.94. The third kappa shape index (κ3) is 3.22. The maximum absolute atomic E-state index is 11.4. The first-order chi connectivity index (χ1) is 9.65. The first-order valence-corrected chi connectivity index (χ1v) is 6.93. The quantitative estimate of drug-likeness (QED) is 0.866. The molecule has 1 atom stereocenters. The van der Waals surface area contributed by atoms with E-state index in [9.17, 15) is 9.90 Å². The zero-order valence-electron chi connectivity index (χ0n) is 12.0. The van der Waals surface area contributed by atoms with Gasteiger partial charge in [0.1, 0.15) is 5.75 Å². The Morgan fingerprint density at radius 1 is 1.55 bits per heavy atom. The van der Waals surface area contributed by atoms with Crippen LogP contribution in [0.1, 0.15) is 30.1 Å². The minimum atomic E-state index is -0.923. The Kier molecular flexibility index (Phi) is 4.84. The number of aromatic carboxylic acids is 1. The smallest absolute Gasteiger partial charge is 0.337 e. The molecule has 0 spiro atoms. The van der Waals surface area contributed by atoms with Crippen molar-refractivity contribution in [2.24, 2.45) is 0 Å². The van der Waals surface area contributed by atoms with Crippen LogP contribution in [-0.2, 0) is 4.74 Å². The molecule has 20 heavy (non-hydrogen) atoms. The Labute approximate surface area is 119 Å². The molecular weight excluding hydrogens is 258 g/mol. The molecule has 0 saturated carbocycles. The molecule has 1 aliphatic heterocycles. The van der Waals surface area contributed by atoms with Crippen LogP contribution >= 0.6 is 0 Å². The molecule has 0 radical (unpaired) electrons. The van der Waals surface area contributed by atoms with Crippen LogP contribution in [0.25, 0.3) is 0 Å². The van der Waals surface area contributed by atoms with E-state index in [4.69, 9.17) is 9.47 Å². The number of nitrogens with zero attached hydrogens (tertiary/aromatic N) is 1. The number of carbonyl (C=O) groups is 1. The number of ether oxygens (including phenoxy) is 2. The number of hydrogen-bond donors (Lipinski definition) is 1. The van der Waals surface area contributed by atoms with Crippen LogP contribution in [0.5, 0.6) is 5.75 Å². The number of likely N-dealkylation sites (N-methyl/N-ethyl adjacent to an activating group) is 1. The molecule has 110 valence electrons. The topological polar surface area (TPSA) is 59.0 Å². The fraction of sp³-hybridized carbons (Fsp3) is 0.533. The van der Waals surface area contributed by atoms with Gasteiger partial charge in [-0.05, 0) is 31.9 Å². The van der Waals surface area contributed by atoms with Crippen molar-refractivity contribution in [3.8, 4) is 5.75 Å². The minimum Gasteiger partial charge on any atom is -0.497 e. The second kappa shape index (κ2) is 6.61. The van der Waals surface area contributed by atoms with Crippen LogP contribution in [0.15, 0.2) is 18.2 Å². The summed E-state index contributed by atoms with van der Waals surface area (Å²) in [6.45, 7) is 4.25. The average Bonchev–Trinajstić information content (AvgIpc) is 2.97. The Morgan fingerprint density at radius 2 is 2.35 bits per heavy atom. The molecule has 1 aromatic rings. The second-order valence-corrected chi connectivity index (χ2v) is 4.86. The Balaban J connectivity index is 2.27. The molecule has 5 nitrogen and oxygen atoms in total. The van der Waals surface area contributed by atoms with Gasteiger partial charge in [0, 0.05) is 25.8 Å². The highest BCUT2D eigenvalue weighted by atomic mass is 16.5. The summed E-state index contributed by atoms with van der Waals surface area (Å²) in [7, 11) is 1.58. The average molecular weight is 279 g/mol. The fourth-order valence-electron chi connectivity index (χ4n) is 2.51. The molecule has 1 N–H and O–H groups in total. The van der Waals surface area contributed by atoms with Gasteiger partial charge in [-0.15, -0.1) is 0 Å². The Bertz CT molecular complexity index is 469. The normalized spacial score (nSPS) is 18.0. The van der Waals surface area contributed by atoms with Crippen LogP contribution in [-0.4, -0.2) is 44.0 Å². The number of anilines is 1. The van der Waals surface area contributed by atoms with Gasteiger partial charge >= 0.3 is 5.97 Å². The molecule has 1 aliphatic rings. The molecule has 1 aromatic carbocycles. The van der Waals surface area contributed by atoms with Crippen molar-refractivity contribution in [2.45, 2.75) is 25.9 Å². The number of benzene rings is 1. The highest BCUT2D eigenvalue weighted by Gasteiger charge is 2.22. The molecule has 0 aliphatic carbocycles. The third-order valence-corrected chi connectivity index (χ3v) is 3.61. The summed E-state index contributed by atoms with van der Waals surface area (Å²) < 4.78 is 10.8. The zero-order valence-corrected chi connectivity index (χ0v) is 12.0. The third-order valence-electron chi connectivity index (χ3n) is 3.61. The number of rotatable bonds is 6. The Hall–Kier alpha value is -1.75. The van der Waals surface area contributed by atoms with Gasteiger partial charge in [0.15, 0.2) is 0 Å². The van der Waals surface area contributed by atoms with Crippen LogP contribution in [0, 0.1) is 0 Å². The molecule has 2 rings (SSSR count). The molecule has 1 fully saturated rings. The Morgan fingerprint density at radius 3 is 2.90 bits per heavy atom. The van der Waals surface area contributed by atoms with Crippen LogP contribution in [0.4, 0.5) is 5.69 Å². The summed E-state index contributed by atoms with van der Waals surface area (Å²) in [6.07, 6.45) is 2.29. The second-order valence-electron chi connectivity index (χ2n) is 4.86. The van der Waals surface area contributed by atoms with Crippen molar-refractivity contribution in [2.75, 3.05) is 31.7 Å². The monoisotopic (exact) mass is 279 g/mol. The van der Waals surface area contributed by atoms with Crippen LogP contribution < -0.4 is 9.64 Å². The summed E-state index contributed by atoms with van der Waals surface area (Å²) in [6, 6.07) is 5.05. The summed E-state index contributed by atoms with van der Waals surface area (Å²) in [5.74, 6) is -0.260. The number of hydrogen-bond acceptors (Lipinski definition) is 4. The zero-order chi connectivity index (χ0) is 14.5. The molecule has 1 saturated heterocycles. The van der Waals surface area contributed by atoms with Crippen molar-refractivity contribution in [3.05, 3.63) is 23.8 Å². The van der Waals surface area contributed by atoms with Gasteiger partial charge in [-0.2, -0.15) is 0 Å². The summed E-state index contributed by atoms with van der Waals surface area (Å²) in [5, 5.41) is 9.34. The summed E-state index contributed by atoms with van der Waals surface area (Å²) >= 11 is 0. The van der Waals surface area contributed by atoms with Crippen molar-refractivity contribution in [1.82, 2.24) is 0 Å². The summed E-state index contributed by atoms with van der Waals surface area (Å²) in [5.41, 5.74) is 0.987. The van der Waals surface area contributed by atoms with E-state index in [-0.39, 0.29) is 6.10 Å². The number of methoxy groups -OCH3 is 1. The lowest BCUT2D eigenvalue weighted by atomic mass is 10.1.